The van der Waals surface area contributed by atoms with Gasteiger partial charge in [-0.15, -0.1) is 0 Å². The first-order chi connectivity index (χ1) is 14.3. The van der Waals surface area contributed by atoms with Gasteiger partial charge >= 0.3 is 0 Å². The van der Waals surface area contributed by atoms with Crippen molar-refractivity contribution in [3.63, 3.8) is 0 Å². The summed E-state index contributed by atoms with van der Waals surface area (Å²) in [6.45, 7) is 0.115. The van der Waals surface area contributed by atoms with Crippen molar-refractivity contribution in [1.29, 1.82) is 0 Å². The third kappa shape index (κ3) is 3.28. The van der Waals surface area contributed by atoms with Crippen LogP contribution in [0.4, 0.5) is 23.1 Å². The molecule has 3 aromatic heterocycles. The lowest BCUT2D eigenvalue weighted by molar-refractivity contribution is 0.299. The van der Waals surface area contributed by atoms with Crippen molar-refractivity contribution in [2.24, 2.45) is 0 Å². The second-order valence-corrected chi connectivity index (χ2v) is 6.70. The SMILES string of the molecule is OCCc1cccc(Nc2ncc3c(n2)-c2cccnc2Nc2cnccc2-3)c1. The standard InChI is InChI=1S/C22H18N6O/c29-10-7-14-3-1-4-15(11-14)26-22-25-12-18-16-6-9-23-13-19(16)27-21-17(20(18)28-22)5-2-8-24-21/h1-6,8-9,11-13,29H,7,10H2,(H,24,27)(H,25,26,28). The van der Waals surface area contributed by atoms with Crippen LogP contribution in [0, 0.1) is 0 Å². The van der Waals surface area contributed by atoms with Gasteiger partial charge in [-0.1, -0.05) is 12.1 Å². The molecule has 0 spiro atoms. The van der Waals surface area contributed by atoms with Crippen LogP contribution in [-0.4, -0.2) is 31.6 Å². The maximum absolute atomic E-state index is 9.17. The second kappa shape index (κ2) is 7.29. The predicted octanol–water partition coefficient (Wildman–Crippen LogP) is 3.94. The summed E-state index contributed by atoms with van der Waals surface area (Å²) in [7, 11) is 0. The monoisotopic (exact) mass is 382 g/mol. The molecule has 0 radical (unpaired) electrons. The molecule has 7 nitrogen and oxygen atoms in total. The third-order valence-corrected chi connectivity index (χ3v) is 4.80. The molecule has 0 saturated heterocycles. The molecule has 5 rings (SSSR count). The first kappa shape index (κ1) is 17.3. The topological polar surface area (TPSA) is 95.9 Å². The fraction of sp³-hybridized carbons (Fsp3) is 0.0909. The van der Waals surface area contributed by atoms with Gasteiger partial charge in [0.2, 0.25) is 5.95 Å². The van der Waals surface area contributed by atoms with E-state index in [9.17, 15) is 5.11 Å². The molecule has 3 N–H and O–H groups in total. The molecule has 0 aliphatic carbocycles. The molecule has 0 unspecified atom stereocenters. The third-order valence-electron chi connectivity index (χ3n) is 4.80. The molecule has 1 aliphatic heterocycles. The van der Waals surface area contributed by atoms with Crippen LogP contribution in [0.1, 0.15) is 5.56 Å². The molecule has 1 aliphatic rings. The summed E-state index contributed by atoms with van der Waals surface area (Å²) in [6.07, 6.45) is 7.72. The fourth-order valence-corrected chi connectivity index (χ4v) is 3.46. The van der Waals surface area contributed by atoms with Gasteiger partial charge in [0.25, 0.3) is 0 Å². The first-order valence-corrected chi connectivity index (χ1v) is 9.32. The van der Waals surface area contributed by atoms with E-state index in [0.717, 1.165) is 45.1 Å². The van der Waals surface area contributed by atoms with Gasteiger partial charge in [-0.25, -0.2) is 15.0 Å². The van der Waals surface area contributed by atoms with Crippen LogP contribution >= 0.6 is 0 Å². The van der Waals surface area contributed by atoms with E-state index >= 15 is 0 Å². The number of aromatic nitrogens is 4. The minimum atomic E-state index is 0.115. The van der Waals surface area contributed by atoms with Gasteiger partial charge in [0.1, 0.15) is 5.82 Å². The Hall–Kier alpha value is -3.84. The number of nitrogens with zero attached hydrogens (tertiary/aromatic N) is 4. The number of benzene rings is 1. The van der Waals surface area contributed by atoms with Crippen molar-refractivity contribution in [3.05, 3.63) is 72.8 Å². The van der Waals surface area contributed by atoms with Crippen LogP contribution in [0.2, 0.25) is 0 Å². The highest BCUT2D eigenvalue weighted by molar-refractivity contribution is 5.95. The van der Waals surface area contributed by atoms with Crippen LogP contribution < -0.4 is 10.6 Å². The molecule has 7 heteroatoms. The summed E-state index contributed by atoms with van der Waals surface area (Å²) < 4.78 is 0. The number of fused-ring (bicyclic) bond motifs is 5. The zero-order chi connectivity index (χ0) is 19.6. The van der Waals surface area contributed by atoms with E-state index in [1.807, 2.05) is 48.7 Å². The average Bonchev–Trinajstić information content (AvgIpc) is 2.89. The number of hydrogen-bond donors (Lipinski definition) is 3. The van der Waals surface area contributed by atoms with Crippen molar-refractivity contribution < 1.29 is 5.11 Å². The van der Waals surface area contributed by atoms with E-state index in [1.54, 1.807) is 18.6 Å². The number of nitrogens with one attached hydrogen (secondary N) is 2. The number of aliphatic hydroxyl groups is 1. The van der Waals surface area contributed by atoms with E-state index in [0.29, 0.717) is 12.4 Å². The number of rotatable bonds is 4. The van der Waals surface area contributed by atoms with E-state index in [4.69, 9.17) is 4.98 Å². The highest BCUT2D eigenvalue weighted by atomic mass is 16.2. The van der Waals surface area contributed by atoms with Gasteiger partial charge in [-0.3, -0.25) is 4.98 Å². The smallest absolute Gasteiger partial charge is 0.227 e. The minimum Gasteiger partial charge on any atom is -0.396 e. The Balaban J connectivity index is 1.60. The molecule has 1 aromatic carbocycles. The lowest BCUT2D eigenvalue weighted by atomic mass is 10.0. The molecule has 4 aromatic rings. The van der Waals surface area contributed by atoms with Crippen molar-refractivity contribution in [2.45, 2.75) is 6.42 Å². The number of hydrogen-bond acceptors (Lipinski definition) is 7. The molecule has 0 fully saturated rings. The summed E-state index contributed by atoms with van der Waals surface area (Å²) in [5.74, 6) is 1.23. The maximum atomic E-state index is 9.17. The Bertz CT molecular complexity index is 1190. The Kier molecular flexibility index (Phi) is 4.34. The zero-order valence-electron chi connectivity index (χ0n) is 15.5. The van der Waals surface area contributed by atoms with E-state index in [2.05, 4.69) is 25.6 Å². The Morgan fingerprint density at radius 3 is 2.83 bits per heavy atom. The summed E-state index contributed by atoms with van der Waals surface area (Å²) in [5, 5.41) is 15.8. The zero-order valence-corrected chi connectivity index (χ0v) is 15.5. The molecule has 0 saturated carbocycles. The van der Waals surface area contributed by atoms with Crippen molar-refractivity contribution in [2.75, 3.05) is 17.2 Å². The van der Waals surface area contributed by atoms with Gasteiger partial charge in [-0.05, 0) is 42.3 Å². The Morgan fingerprint density at radius 1 is 0.931 bits per heavy atom. The van der Waals surface area contributed by atoms with E-state index in [-0.39, 0.29) is 6.61 Å². The molecule has 29 heavy (non-hydrogen) atoms. The predicted molar refractivity (Wildman–Crippen MR) is 112 cm³/mol. The molecular weight excluding hydrogens is 364 g/mol. The Morgan fingerprint density at radius 2 is 1.90 bits per heavy atom. The summed E-state index contributed by atoms with van der Waals surface area (Å²) in [4.78, 5) is 18.0. The molecule has 4 heterocycles. The molecular formula is C22H18N6O. The van der Waals surface area contributed by atoms with Gasteiger partial charge in [0, 0.05) is 47.6 Å². The lowest BCUT2D eigenvalue weighted by Gasteiger charge is -2.11. The Labute approximate surface area is 167 Å². The summed E-state index contributed by atoms with van der Waals surface area (Å²) in [5.41, 5.74) is 6.39. The highest BCUT2D eigenvalue weighted by Gasteiger charge is 2.22. The van der Waals surface area contributed by atoms with Crippen LogP contribution in [0.15, 0.2) is 67.3 Å². The summed E-state index contributed by atoms with van der Waals surface area (Å²) in [6, 6.07) is 13.7. The largest absolute Gasteiger partial charge is 0.396 e. The number of pyridine rings is 2. The molecule has 0 amide bonds. The van der Waals surface area contributed by atoms with Gasteiger partial charge < -0.3 is 15.7 Å². The highest BCUT2D eigenvalue weighted by Crippen LogP contribution is 2.41. The van der Waals surface area contributed by atoms with Crippen LogP contribution in [0.5, 0.6) is 0 Å². The van der Waals surface area contributed by atoms with E-state index in [1.165, 1.54) is 0 Å². The molecule has 142 valence electrons. The second-order valence-electron chi connectivity index (χ2n) is 6.70. The van der Waals surface area contributed by atoms with Gasteiger partial charge in [0.15, 0.2) is 0 Å². The molecule has 0 atom stereocenters. The molecule has 0 bridgehead atoms. The van der Waals surface area contributed by atoms with Crippen LogP contribution in [-0.2, 0) is 6.42 Å². The van der Waals surface area contributed by atoms with E-state index < -0.39 is 0 Å². The van der Waals surface area contributed by atoms with Gasteiger partial charge in [0.05, 0.1) is 17.6 Å². The summed E-state index contributed by atoms with van der Waals surface area (Å²) >= 11 is 0. The lowest BCUT2D eigenvalue weighted by Crippen LogP contribution is -2.01. The first-order valence-electron chi connectivity index (χ1n) is 9.32. The van der Waals surface area contributed by atoms with Crippen molar-refractivity contribution in [3.8, 4) is 22.4 Å². The maximum Gasteiger partial charge on any atom is 0.227 e. The normalized spacial score (nSPS) is 11.5. The van der Waals surface area contributed by atoms with Crippen molar-refractivity contribution in [1.82, 2.24) is 19.9 Å². The minimum absolute atomic E-state index is 0.115. The fourth-order valence-electron chi connectivity index (χ4n) is 3.46. The quantitative estimate of drug-likeness (QED) is 0.433. The van der Waals surface area contributed by atoms with Gasteiger partial charge in [-0.2, -0.15) is 0 Å². The van der Waals surface area contributed by atoms with Crippen LogP contribution in [0.3, 0.4) is 0 Å². The number of anilines is 4. The average molecular weight is 382 g/mol. The van der Waals surface area contributed by atoms with Crippen molar-refractivity contribution >= 4 is 23.1 Å². The number of aliphatic hydroxyl groups excluding tert-OH is 1. The van der Waals surface area contributed by atoms with Crippen LogP contribution in [0.25, 0.3) is 22.4 Å².